The van der Waals surface area contributed by atoms with Crippen LogP contribution in [0.25, 0.3) is 0 Å². The molecular weight excluding hydrogens is 402 g/mol. The van der Waals surface area contributed by atoms with Gasteiger partial charge in [0.1, 0.15) is 6.29 Å². The number of aldehydes is 1. The maximum absolute atomic E-state index is 12.3. The molecule has 6 nitrogen and oxygen atoms in total. The van der Waals surface area contributed by atoms with Gasteiger partial charge in [0.05, 0.1) is 11.5 Å². The predicted octanol–water partition coefficient (Wildman–Crippen LogP) is 3.56. The zero-order valence-corrected chi connectivity index (χ0v) is 17.4. The summed E-state index contributed by atoms with van der Waals surface area (Å²) in [6.45, 7) is 3.34. The minimum atomic E-state index is -3.68. The molecule has 0 aliphatic rings. The second kappa shape index (κ2) is 11.6. The van der Waals surface area contributed by atoms with E-state index in [1.807, 2.05) is 0 Å². The second-order valence-corrected chi connectivity index (χ2v) is 8.00. The van der Waals surface area contributed by atoms with Crippen LogP contribution in [0.15, 0.2) is 53.4 Å². The van der Waals surface area contributed by atoms with E-state index in [0.717, 1.165) is 0 Å². The van der Waals surface area contributed by atoms with Crippen LogP contribution in [0.5, 0.6) is 0 Å². The maximum Gasteiger partial charge on any atom is 0.263 e. The van der Waals surface area contributed by atoms with Crippen LogP contribution >= 0.6 is 0 Å². The van der Waals surface area contributed by atoms with Crippen molar-refractivity contribution in [3.63, 3.8) is 0 Å². The quantitative estimate of drug-likeness (QED) is 0.628. The number of aliphatic hydroxyl groups is 1. The van der Waals surface area contributed by atoms with Crippen LogP contribution in [0, 0.1) is 0 Å². The largest absolute Gasteiger partial charge is 0.395 e. The topological polar surface area (TPSA) is 86.7 Å². The molecule has 0 aromatic heterocycles. The van der Waals surface area contributed by atoms with E-state index in [1.165, 1.54) is 40.7 Å². The average molecular weight is 429 g/mol. The fourth-order valence-corrected chi connectivity index (χ4v) is 4.21. The third kappa shape index (κ3) is 6.88. The summed E-state index contributed by atoms with van der Waals surface area (Å²) >= 11 is 0. The molecule has 0 radical (unpaired) electrons. The van der Waals surface area contributed by atoms with Crippen molar-refractivity contribution >= 4 is 22.0 Å². The number of alkyl halides is 2. The molecule has 2 aromatic carbocycles. The van der Waals surface area contributed by atoms with E-state index >= 15 is 0 Å². The lowest BCUT2D eigenvalue weighted by Crippen LogP contribution is -2.40. The number of nitrogens with one attached hydrogen (secondary N) is 1. The Kier molecular flexibility index (Phi) is 9.87. The lowest BCUT2D eigenvalue weighted by molar-refractivity contribution is 0.112. The van der Waals surface area contributed by atoms with Crippen molar-refractivity contribution in [3.8, 4) is 0 Å². The molecule has 0 spiro atoms. The van der Waals surface area contributed by atoms with Crippen molar-refractivity contribution in [2.24, 2.45) is 0 Å². The molecule has 1 atom stereocenters. The SMILES string of the molecule is CCN(C(C)CO)S(=O)(=O)c1cccc(C=O)c1.CNc1cccc(C(F)F)c1. The average Bonchev–Trinajstić information content (AvgIpc) is 2.74. The Hall–Kier alpha value is -2.36. The highest BCUT2D eigenvalue weighted by molar-refractivity contribution is 7.89. The minimum absolute atomic E-state index is 0.0526. The molecule has 2 aromatic rings. The van der Waals surface area contributed by atoms with E-state index in [-0.39, 0.29) is 23.6 Å². The molecular formula is C20H26F2N2O4S. The molecule has 0 bridgehead atoms. The number of aliphatic hydroxyl groups excluding tert-OH is 1. The Labute approximate surface area is 170 Å². The van der Waals surface area contributed by atoms with Crippen LogP contribution < -0.4 is 5.32 Å². The molecule has 2 rings (SSSR count). The molecule has 0 fully saturated rings. The van der Waals surface area contributed by atoms with Crippen LogP contribution in [0.2, 0.25) is 0 Å². The number of nitrogens with zero attached hydrogens (tertiary/aromatic N) is 1. The van der Waals surface area contributed by atoms with Gasteiger partial charge in [-0.1, -0.05) is 31.2 Å². The number of halogens is 2. The zero-order chi connectivity index (χ0) is 22.0. The number of carbonyl (C=O) groups excluding carboxylic acids is 1. The summed E-state index contributed by atoms with van der Waals surface area (Å²) in [6.07, 6.45) is -1.78. The molecule has 0 heterocycles. The number of sulfonamides is 1. The van der Waals surface area contributed by atoms with Crippen LogP contribution in [0.4, 0.5) is 14.5 Å². The normalized spacial score (nSPS) is 12.3. The van der Waals surface area contributed by atoms with Gasteiger partial charge in [-0.15, -0.1) is 0 Å². The molecule has 1 unspecified atom stereocenters. The number of anilines is 1. The van der Waals surface area contributed by atoms with Crippen LogP contribution in [-0.2, 0) is 10.0 Å². The third-order valence-corrected chi connectivity index (χ3v) is 6.18. The molecule has 0 aliphatic heterocycles. The van der Waals surface area contributed by atoms with E-state index in [1.54, 1.807) is 33.0 Å². The van der Waals surface area contributed by atoms with Gasteiger partial charge in [-0.25, -0.2) is 17.2 Å². The Morgan fingerprint density at radius 2 is 1.83 bits per heavy atom. The summed E-state index contributed by atoms with van der Waals surface area (Å²) < 4.78 is 50.0. The van der Waals surface area contributed by atoms with Gasteiger partial charge >= 0.3 is 0 Å². The number of hydrogen-bond acceptors (Lipinski definition) is 5. The smallest absolute Gasteiger partial charge is 0.263 e. The van der Waals surface area contributed by atoms with Gasteiger partial charge in [0, 0.05) is 36.4 Å². The van der Waals surface area contributed by atoms with Crippen molar-refractivity contribution < 1.29 is 27.1 Å². The summed E-state index contributed by atoms with van der Waals surface area (Å²) in [5.41, 5.74) is 1.07. The van der Waals surface area contributed by atoms with Gasteiger partial charge in [0.2, 0.25) is 10.0 Å². The first-order chi connectivity index (χ1) is 13.7. The molecule has 0 amide bonds. The number of carbonyl (C=O) groups is 1. The van der Waals surface area contributed by atoms with E-state index in [4.69, 9.17) is 5.11 Å². The van der Waals surface area contributed by atoms with Gasteiger partial charge in [0.25, 0.3) is 6.43 Å². The first-order valence-electron chi connectivity index (χ1n) is 8.95. The highest BCUT2D eigenvalue weighted by Crippen LogP contribution is 2.21. The second-order valence-electron chi connectivity index (χ2n) is 6.11. The van der Waals surface area contributed by atoms with Crippen LogP contribution in [0.3, 0.4) is 0 Å². The molecule has 2 N–H and O–H groups in total. The Bertz CT molecular complexity index is 892. The first kappa shape index (κ1) is 24.7. The summed E-state index contributed by atoms with van der Waals surface area (Å²) in [5, 5.41) is 11.9. The molecule has 160 valence electrons. The molecule has 0 saturated heterocycles. The lowest BCUT2D eigenvalue weighted by atomic mass is 10.2. The van der Waals surface area contributed by atoms with Crippen molar-refractivity contribution in [1.82, 2.24) is 4.31 Å². The molecule has 29 heavy (non-hydrogen) atoms. The van der Waals surface area contributed by atoms with E-state index in [2.05, 4.69) is 5.32 Å². The predicted molar refractivity (Wildman–Crippen MR) is 109 cm³/mol. The van der Waals surface area contributed by atoms with Crippen molar-refractivity contribution in [3.05, 3.63) is 59.7 Å². The minimum Gasteiger partial charge on any atom is -0.395 e. The fourth-order valence-electron chi connectivity index (χ4n) is 2.52. The molecule has 9 heteroatoms. The molecule has 0 aliphatic carbocycles. The van der Waals surface area contributed by atoms with Gasteiger partial charge in [0.15, 0.2) is 0 Å². The van der Waals surface area contributed by atoms with Gasteiger partial charge in [-0.2, -0.15) is 4.31 Å². The highest BCUT2D eigenvalue weighted by Gasteiger charge is 2.27. The van der Waals surface area contributed by atoms with Crippen molar-refractivity contribution in [2.75, 3.05) is 25.5 Å². The zero-order valence-electron chi connectivity index (χ0n) is 16.5. The first-order valence-corrected chi connectivity index (χ1v) is 10.4. The third-order valence-electron chi connectivity index (χ3n) is 4.10. The van der Waals surface area contributed by atoms with E-state index in [9.17, 15) is 22.0 Å². The van der Waals surface area contributed by atoms with Crippen molar-refractivity contribution in [1.29, 1.82) is 0 Å². The standard InChI is InChI=1S/C12H17NO4S.C8H9F2N/c1-3-13(10(2)8-14)18(16,17)12-6-4-5-11(7-12)9-15;1-11-7-4-2-3-6(5-7)8(9)10/h4-7,9-10,14H,3,8H2,1-2H3;2-5,8,11H,1H3. The van der Waals surface area contributed by atoms with Crippen LogP contribution in [0.1, 0.15) is 36.2 Å². The van der Waals surface area contributed by atoms with Gasteiger partial charge < -0.3 is 10.4 Å². The number of likely N-dealkylation sites (N-methyl/N-ethyl adjacent to an activating group) is 1. The van der Waals surface area contributed by atoms with Gasteiger partial charge in [-0.3, -0.25) is 4.79 Å². The number of benzene rings is 2. The summed E-state index contributed by atoms with van der Waals surface area (Å²) in [5.74, 6) is 0. The van der Waals surface area contributed by atoms with Crippen LogP contribution in [-0.4, -0.2) is 50.4 Å². The lowest BCUT2D eigenvalue weighted by Gasteiger charge is -2.25. The summed E-state index contributed by atoms with van der Waals surface area (Å²) in [6, 6.07) is 11.5. The number of rotatable bonds is 8. The Morgan fingerprint density at radius 1 is 1.17 bits per heavy atom. The number of hydrogen-bond donors (Lipinski definition) is 2. The Morgan fingerprint density at radius 3 is 2.34 bits per heavy atom. The van der Waals surface area contributed by atoms with E-state index < -0.39 is 22.5 Å². The van der Waals surface area contributed by atoms with Crippen molar-refractivity contribution in [2.45, 2.75) is 31.2 Å². The van der Waals surface area contributed by atoms with E-state index in [0.29, 0.717) is 17.5 Å². The maximum atomic E-state index is 12.3. The molecule has 0 saturated carbocycles. The van der Waals surface area contributed by atoms with Gasteiger partial charge in [-0.05, 0) is 31.2 Å². The Balaban J connectivity index is 0.000000326. The highest BCUT2D eigenvalue weighted by atomic mass is 32.2. The summed E-state index contributed by atoms with van der Waals surface area (Å²) in [7, 11) is -1.98. The monoisotopic (exact) mass is 428 g/mol. The summed E-state index contributed by atoms with van der Waals surface area (Å²) in [4.78, 5) is 10.7. The fraction of sp³-hybridized carbons (Fsp3) is 0.350.